The Kier molecular flexibility index (Phi) is 6.82. The van der Waals surface area contributed by atoms with Gasteiger partial charge in [0.05, 0.1) is 0 Å². The van der Waals surface area contributed by atoms with Crippen LogP contribution >= 0.6 is 0 Å². The molecule has 2 aromatic carbocycles. The lowest BCUT2D eigenvalue weighted by Gasteiger charge is -2.14. The first-order valence-electron chi connectivity index (χ1n) is 10.1. The number of aryl methyl sites for hydroxylation is 2. The molecular weight excluding hydrogens is 358 g/mol. The second kappa shape index (κ2) is 9.31. The lowest BCUT2D eigenvalue weighted by Crippen LogP contribution is -2.08. The molecule has 2 aromatic rings. The molecule has 28 heavy (non-hydrogen) atoms. The van der Waals surface area contributed by atoms with Crippen LogP contribution in [0, 0.1) is 31.4 Å². The van der Waals surface area contributed by atoms with Crippen molar-refractivity contribution >= 4 is 5.78 Å². The quantitative estimate of drug-likeness (QED) is 0.536. The summed E-state index contributed by atoms with van der Waals surface area (Å²) in [5, 5.41) is 0. The summed E-state index contributed by atoms with van der Waals surface area (Å²) in [5.74, 6) is -0.0361. The van der Waals surface area contributed by atoms with E-state index in [1.54, 1.807) is 0 Å². The fourth-order valence-corrected chi connectivity index (χ4v) is 4.06. The molecule has 1 aliphatic rings. The van der Waals surface area contributed by atoms with E-state index in [0.29, 0.717) is 29.9 Å². The van der Waals surface area contributed by atoms with Crippen molar-refractivity contribution in [2.45, 2.75) is 65.4 Å². The zero-order valence-corrected chi connectivity index (χ0v) is 16.7. The molecule has 0 N–H and O–H groups in total. The smallest absolute Gasteiger partial charge is 0.159 e. The summed E-state index contributed by atoms with van der Waals surface area (Å²) in [6, 6.07) is 7.58. The first kappa shape index (κ1) is 20.5. The van der Waals surface area contributed by atoms with E-state index >= 15 is 0 Å². The number of benzene rings is 2. The first-order chi connectivity index (χ1) is 13.4. The lowest BCUT2D eigenvalue weighted by atomic mass is 9.94. The maximum atomic E-state index is 13.3. The number of carbonyl (C=O) groups excluding carboxylic acids is 1. The van der Waals surface area contributed by atoms with Crippen LogP contribution in [0.5, 0.6) is 5.75 Å². The van der Waals surface area contributed by atoms with Gasteiger partial charge >= 0.3 is 0 Å². The number of ether oxygens (including phenoxy) is 1. The Morgan fingerprint density at radius 3 is 2.36 bits per heavy atom. The van der Waals surface area contributed by atoms with Crippen molar-refractivity contribution in [3.63, 3.8) is 0 Å². The fourth-order valence-electron chi connectivity index (χ4n) is 4.06. The third-order valence-corrected chi connectivity index (χ3v) is 5.74. The van der Waals surface area contributed by atoms with Crippen molar-refractivity contribution in [3.05, 3.63) is 64.2 Å². The van der Waals surface area contributed by atoms with Crippen molar-refractivity contribution in [1.82, 2.24) is 0 Å². The number of carbonyl (C=O) groups is 1. The summed E-state index contributed by atoms with van der Waals surface area (Å²) in [6.07, 6.45) is 7.31. The predicted octanol–water partition coefficient (Wildman–Crippen LogP) is 6.24. The average Bonchev–Trinajstić information content (AvgIpc) is 3.17. The van der Waals surface area contributed by atoms with Gasteiger partial charge in [0.25, 0.3) is 0 Å². The summed E-state index contributed by atoms with van der Waals surface area (Å²) in [5.41, 5.74) is 3.68. The van der Waals surface area contributed by atoms with Gasteiger partial charge in [-0.15, -0.1) is 0 Å². The minimum absolute atomic E-state index is 0.162. The Morgan fingerprint density at radius 1 is 1.04 bits per heavy atom. The molecular formula is C24H28F2O2. The molecule has 150 valence electrons. The molecule has 0 saturated heterocycles. The highest BCUT2D eigenvalue weighted by molar-refractivity contribution is 5.81. The van der Waals surface area contributed by atoms with Crippen LogP contribution < -0.4 is 4.74 Å². The molecule has 1 saturated carbocycles. The molecule has 1 fully saturated rings. The van der Waals surface area contributed by atoms with Crippen LogP contribution in [0.2, 0.25) is 0 Å². The molecule has 0 aliphatic heterocycles. The van der Waals surface area contributed by atoms with E-state index in [0.717, 1.165) is 41.2 Å². The van der Waals surface area contributed by atoms with Gasteiger partial charge in [-0.25, -0.2) is 8.78 Å². The van der Waals surface area contributed by atoms with Gasteiger partial charge in [-0.1, -0.05) is 31.7 Å². The Hall–Kier alpha value is -2.23. The molecule has 0 heterocycles. The Morgan fingerprint density at radius 2 is 1.71 bits per heavy atom. The third kappa shape index (κ3) is 5.40. The van der Waals surface area contributed by atoms with E-state index in [2.05, 4.69) is 0 Å². The number of hydrogen-bond donors (Lipinski definition) is 0. The van der Waals surface area contributed by atoms with Crippen molar-refractivity contribution in [1.29, 1.82) is 0 Å². The van der Waals surface area contributed by atoms with Crippen molar-refractivity contribution in [3.8, 4) is 5.75 Å². The Balaban J connectivity index is 1.58. The molecule has 1 aliphatic carbocycles. The van der Waals surface area contributed by atoms with Crippen molar-refractivity contribution < 1.29 is 18.3 Å². The second-order valence-corrected chi connectivity index (χ2v) is 7.98. The van der Waals surface area contributed by atoms with Gasteiger partial charge < -0.3 is 4.74 Å². The van der Waals surface area contributed by atoms with E-state index in [1.807, 2.05) is 26.0 Å². The molecule has 3 rings (SSSR count). The number of ketones is 1. The van der Waals surface area contributed by atoms with Gasteiger partial charge in [0.2, 0.25) is 0 Å². The van der Waals surface area contributed by atoms with E-state index in [-0.39, 0.29) is 6.61 Å². The van der Waals surface area contributed by atoms with Gasteiger partial charge in [-0.2, -0.15) is 0 Å². The molecule has 2 nitrogen and oxygen atoms in total. The number of hydrogen-bond acceptors (Lipinski definition) is 2. The second-order valence-electron chi connectivity index (χ2n) is 7.98. The average molecular weight is 386 g/mol. The van der Waals surface area contributed by atoms with Crippen LogP contribution in [0.4, 0.5) is 8.78 Å². The molecule has 0 spiro atoms. The molecule has 0 radical (unpaired) electrons. The zero-order chi connectivity index (χ0) is 20.1. The zero-order valence-electron chi connectivity index (χ0n) is 16.7. The van der Waals surface area contributed by atoms with Crippen LogP contribution in [-0.2, 0) is 17.8 Å². The van der Waals surface area contributed by atoms with Crippen molar-refractivity contribution in [2.24, 2.45) is 5.92 Å². The predicted molar refractivity (Wildman–Crippen MR) is 107 cm³/mol. The molecule has 0 bridgehead atoms. The molecule has 0 amide bonds. The number of rotatable bonds is 8. The highest BCUT2D eigenvalue weighted by Crippen LogP contribution is 2.29. The summed E-state index contributed by atoms with van der Waals surface area (Å²) >= 11 is 0. The maximum absolute atomic E-state index is 13.3. The highest BCUT2D eigenvalue weighted by Gasteiger charge is 2.17. The van der Waals surface area contributed by atoms with Crippen LogP contribution in [0.1, 0.15) is 60.8 Å². The Bertz CT molecular complexity index is 815. The van der Waals surface area contributed by atoms with E-state index in [1.165, 1.54) is 31.7 Å². The number of Topliss-reactive ketones (excluding diaryl/α,β-unsaturated/α-hetero) is 1. The third-order valence-electron chi connectivity index (χ3n) is 5.74. The highest BCUT2D eigenvalue weighted by atomic mass is 19.2. The Labute approximate surface area is 165 Å². The molecule has 4 heteroatoms. The number of halogens is 2. The standard InChI is InChI=1S/C24H28F2O2/c1-16-11-21(28-15-19-8-10-23(25)24(26)13-19)12-17(2)22(16)14-20(27)9-7-18-5-3-4-6-18/h8,10-13,18H,3-7,9,14-15H2,1-2H3. The van der Waals surface area contributed by atoms with E-state index in [4.69, 9.17) is 4.74 Å². The van der Waals surface area contributed by atoms with Crippen LogP contribution in [0.25, 0.3) is 0 Å². The summed E-state index contributed by atoms with van der Waals surface area (Å²) in [6.45, 7) is 4.13. The maximum Gasteiger partial charge on any atom is 0.159 e. The van der Waals surface area contributed by atoms with Gasteiger partial charge in [0, 0.05) is 12.8 Å². The first-order valence-corrected chi connectivity index (χ1v) is 10.1. The largest absolute Gasteiger partial charge is 0.489 e. The SMILES string of the molecule is Cc1cc(OCc2ccc(F)c(F)c2)cc(C)c1CC(=O)CCC1CCCC1. The monoisotopic (exact) mass is 386 g/mol. The minimum Gasteiger partial charge on any atom is -0.489 e. The molecule has 0 unspecified atom stereocenters. The van der Waals surface area contributed by atoms with Gasteiger partial charge in [-0.3, -0.25) is 4.79 Å². The van der Waals surface area contributed by atoms with Crippen LogP contribution in [0.15, 0.2) is 30.3 Å². The fraction of sp³-hybridized carbons (Fsp3) is 0.458. The molecule has 0 atom stereocenters. The minimum atomic E-state index is -0.875. The lowest BCUT2D eigenvalue weighted by molar-refractivity contribution is -0.118. The van der Waals surface area contributed by atoms with Crippen molar-refractivity contribution in [2.75, 3.05) is 0 Å². The van der Waals surface area contributed by atoms with Gasteiger partial charge in [-0.05, 0) is 72.7 Å². The van der Waals surface area contributed by atoms with Crippen LogP contribution in [0.3, 0.4) is 0 Å². The van der Waals surface area contributed by atoms with Crippen LogP contribution in [-0.4, -0.2) is 5.78 Å². The topological polar surface area (TPSA) is 26.3 Å². The van der Waals surface area contributed by atoms with Gasteiger partial charge in [0.15, 0.2) is 11.6 Å². The molecule has 0 aromatic heterocycles. The summed E-state index contributed by atoms with van der Waals surface area (Å²) < 4.78 is 32.1. The van der Waals surface area contributed by atoms with E-state index in [9.17, 15) is 13.6 Å². The van der Waals surface area contributed by atoms with Gasteiger partial charge in [0.1, 0.15) is 18.1 Å². The summed E-state index contributed by atoms with van der Waals surface area (Å²) in [7, 11) is 0. The summed E-state index contributed by atoms with van der Waals surface area (Å²) in [4.78, 5) is 12.4. The normalized spacial score (nSPS) is 14.4. The van der Waals surface area contributed by atoms with E-state index < -0.39 is 11.6 Å².